The summed E-state index contributed by atoms with van der Waals surface area (Å²) in [5, 5.41) is 30.4. The third-order valence-corrected chi connectivity index (χ3v) is 7.80. The standard InChI is InChI=1S/C25H33NO7/c1-13-9-16(10-14(2)22(13)29)19-12-18-21-17(11-15(3)25(18,32)33-19)23(30)26(24(21)31)8-6-4-5-7-20(27)28/h9-10,15,17-19,21,29,32H,4-8,11-12H2,1-3H3,(H,27,28)/t15-,17-,18-,19-,21-,25+/m0/s1. The van der Waals surface area contributed by atoms with Crippen LogP contribution in [-0.4, -0.2) is 50.3 Å². The van der Waals surface area contributed by atoms with Gasteiger partial charge >= 0.3 is 5.97 Å². The van der Waals surface area contributed by atoms with Crippen LogP contribution in [0.4, 0.5) is 0 Å². The molecule has 0 bridgehead atoms. The van der Waals surface area contributed by atoms with Gasteiger partial charge in [0.2, 0.25) is 11.8 Å². The molecule has 1 aromatic rings. The number of phenols is 1. The molecular weight excluding hydrogens is 426 g/mol. The number of fused-ring (bicyclic) bond motifs is 3. The quantitative estimate of drug-likeness (QED) is 0.423. The lowest BCUT2D eigenvalue weighted by atomic mass is 9.65. The number of rotatable bonds is 7. The van der Waals surface area contributed by atoms with Gasteiger partial charge in [-0.3, -0.25) is 19.3 Å². The number of carbonyl (C=O) groups is 3. The summed E-state index contributed by atoms with van der Waals surface area (Å²) in [5.74, 6) is -4.39. The summed E-state index contributed by atoms with van der Waals surface area (Å²) in [6.45, 7) is 5.78. The van der Waals surface area contributed by atoms with Crippen LogP contribution >= 0.6 is 0 Å². The maximum Gasteiger partial charge on any atom is 0.303 e. The van der Waals surface area contributed by atoms with E-state index in [2.05, 4.69) is 0 Å². The minimum Gasteiger partial charge on any atom is -0.507 e. The number of aliphatic hydroxyl groups is 1. The highest BCUT2D eigenvalue weighted by Gasteiger charge is 2.65. The molecule has 0 aromatic heterocycles. The summed E-state index contributed by atoms with van der Waals surface area (Å²) in [6.07, 6.45) is 2.18. The van der Waals surface area contributed by atoms with Crippen LogP contribution in [-0.2, 0) is 19.1 Å². The summed E-state index contributed by atoms with van der Waals surface area (Å²) in [6, 6.07) is 3.70. The summed E-state index contributed by atoms with van der Waals surface area (Å²) in [5.41, 5.74) is 2.30. The number of likely N-dealkylation sites (tertiary alicyclic amines) is 1. The normalized spacial score (nSPS) is 33.3. The van der Waals surface area contributed by atoms with Crippen molar-refractivity contribution in [2.45, 2.75) is 71.2 Å². The average molecular weight is 460 g/mol. The molecule has 0 spiro atoms. The zero-order valence-electron chi connectivity index (χ0n) is 19.4. The Kier molecular flexibility index (Phi) is 6.26. The van der Waals surface area contributed by atoms with Crippen LogP contribution in [0.1, 0.15) is 68.2 Å². The Balaban J connectivity index is 1.52. The highest BCUT2D eigenvalue weighted by atomic mass is 16.6. The molecule has 6 atom stereocenters. The molecular formula is C25H33NO7. The van der Waals surface area contributed by atoms with Gasteiger partial charge in [0.1, 0.15) is 5.75 Å². The minimum absolute atomic E-state index is 0.0781. The number of imide groups is 1. The number of hydrogen-bond acceptors (Lipinski definition) is 6. The van der Waals surface area contributed by atoms with Crippen LogP contribution < -0.4 is 0 Å². The molecule has 2 heterocycles. The Labute approximate surface area is 193 Å². The van der Waals surface area contributed by atoms with E-state index >= 15 is 0 Å². The van der Waals surface area contributed by atoms with Crippen LogP contribution in [0.5, 0.6) is 5.75 Å². The van der Waals surface area contributed by atoms with E-state index in [9.17, 15) is 24.6 Å². The Hall–Kier alpha value is -2.45. The number of nitrogens with zero attached hydrogens (tertiary/aromatic N) is 1. The van der Waals surface area contributed by atoms with E-state index in [1.54, 1.807) is 0 Å². The van der Waals surface area contributed by atoms with E-state index in [1.165, 1.54) is 4.90 Å². The molecule has 0 unspecified atom stereocenters. The molecule has 8 nitrogen and oxygen atoms in total. The van der Waals surface area contributed by atoms with Gasteiger partial charge in [-0.2, -0.15) is 0 Å². The fourth-order valence-corrected chi connectivity index (χ4v) is 6.04. The number of phenolic OH excluding ortho intramolecular Hbond substituents is 1. The number of unbranched alkanes of at least 4 members (excludes halogenated alkanes) is 2. The number of hydrogen-bond donors (Lipinski definition) is 3. The third kappa shape index (κ3) is 4.04. The molecule has 2 amide bonds. The Bertz CT molecular complexity index is 952. The minimum atomic E-state index is -1.49. The maximum atomic E-state index is 13.3. The van der Waals surface area contributed by atoms with E-state index in [0.717, 1.165) is 16.7 Å². The lowest BCUT2D eigenvalue weighted by Crippen LogP contribution is -2.52. The number of carboxylic acid groups (broad SMARTS) is 1. The molecule has 2 saturated heterocycles. The van der Waals surface area contributed by atoms with E-state index in [0.29, 0.717) is 32.1 Å². The zero-order chi connectivity index (χ0) is 24.1. The molecule has 33 heavy (non-hydrogen) atoms. The fourth-order valence-electron chi connectivity index (χ4n) is 6.04. The van der Waals surface area contributed by atoms with Crippen molar-refractivity contribution in [2.24, 2.45) is 23.7 Å². The van der Waals surface area contributed by atoms with E-state index in [-0.39, 0.29) is 36.4 Å². The van der Waals surface area contributed by atoms with Crippen LogP contribution in [0.2, 0.25) is 0 Å². The van der Waals surface area contributed by atoms with Gasteiger partial charge in [-0.15, -0.1) is 0 Å². The van der Waals surface area contributed by atoms with Gasteiger partial charge in [-0.25, -0.2) is 0 Å². The van der Waals surface area contributed by atoms with Gasteiger partial charge < -0.3 is 20.1 Å². The second kappa shape index (κ2) is 8.72. The van der Waals surface area contributed by atoms with Gasteiger partial charge in [0.05, 0.1) is 17.9 Å². The van der Waals surface area contributed by atoms with Crippen LogP contribution in [0, 0.1) is 37.5 Å². The van der Waals surface area contributed by atoms with E-state index in [1.807, 2.05) is 32.9 Å². The van der Waals surface area contributed by atoms with Crippen molar-refractivity contribution < 1.29 is 34.4 Å². The van der Waals surface area contributed by atoms with Gasteiger partial charge in [-0.05, 0) is 68.4 Å². The molecule has 1 aromatic carbocycles. The molecule has 4 rings (SSSR count). The first-order chi connectivity index (χ1) is 15.5. The number of benzene rings is 1. The van der Waals surface area contributed by atoms with Gasteiger partial charge in [0.15, 0.2) is 5.79 Å². The van der Waals surface area contributed by atoms with Crippen molar-refractivity contribution in [3.63, 3.8) is 0 Å². The number of amides is 2. The van der Waals surface area contributed by atoms with Crippen LogP contribution in [0.25, 0.3) is 0 Å². The molecule has 180 valence electrons. The molecule has 1 saturated carbocycles. The second-order valence-corrected chi connectivity index (χ2v) is 10.0. The number of aromatic hydroxyl groups is 1. The first-order valence-corrected chi connectivity index (χ1v) is 11.8. The van der Waals surface area contributed by atoms with Crippen molar-refractivity contribution in [3.8, 4) is 5.75 Å². The third-order valence-electron chi connectivity index (χ3n) is 7.80. The lowest BCUT2D eigenvalue weighted by Gasteiger charge is -2.43. The van der Waals surface area contributed by atoms with Crippen molar-refractivity contribution in [3.05, 3.63) is 28.8 Å². The number of ether oxygens (including phenoxy) is 1. The van der Waals surface area contributed by atoms with Crippen molar-refractivity contribution in [2.75, 3.05) is 6.54 Å². The summed E-state index contributed by atoms with van der Waals surface area (Å²) in [7, 11) is 0. The summed E-state index contributed by atoms with van der Waals surface area (Å²) in [4.78, 5) is 38.4. The van der Waals surface area contributed by atoms with Gasteiger partial charge in [0.25, 0.3) is 0 Å². The first-order valence-electron chi connectivity index (χ1n) is 11.8. The molecule has 3 aliphatic rings. The monoisotopic (exact) mass is 459 g/mol. The molecule has 2 aliphatic heterocycles. The topological polar surface area (TPSA) is 124 Å². The molecule has 1 aliphatic carbocycles. The largest absolute Gasteiger partial charge is 0.507 e. The molecule has 8 heteroatoms. The summed E-state index contributed by atoms with van der Waals surface area (Å²) >= 11 is 0. The smallest absolute Gasteiger partial charge is 0.303 e. The summed E-state index contributed by atoms with van der Waals surface area (Å²) < 4.78 is 6.20. The molecule has 3 N–H and O–H groups in total. The first kappa shape index (κ1) is 23.7. The number of carbonyl (C=O) groups excluding carboxylic acids is 2. The highest BCUT2D eigenvalue weighted by Crippen LogP contribution is 2.58. The van der Waals surface area contributed by atoms with Crippen LogP contribution in [0.3, 0.4) is 0 Å². The Morgan fingerprint density at radius 1 is 1.12 bits per heavy atom. The predicted molar refractivity (Wildman–Crippen MR) is 118 cm³/mol. The maximum absolute atomic E-state index is 13.3. The van der Waals surface area contributed by atoms with Crippen molar-refractivity contribution in [1.82, 2.24) is 4.90 Å². The number of aryl methyl sites for hydroxylation is 2. The SMILES string of the molecule is Cc1cc([C@@H]2C[C@H]3[C@H]4C(=O)N(CCCCCC(=O)O)C(=O)[C@H]4C[C@H](C)[C@@]3(O)O2)cc(C)c1O. The van der Waals surface area contributed by atoms with Crippen molar-refractivity contribution in [1.29, 1.82) is 0 Å². The van der Waals surface area contributed by atoms with Crippen molar-refractivity contribution >= 4 is 17.8 Å². The fraction of sp³-hybridized carbons (Fsp3) is 0.640. The Morgan fingerprint density at radius 3 is 2.42 bits per heavy atom. The molecule has 0 radical (unpaired) electrons. The molecule has 3 fully saturated rings. The van der Waals surface area contributed by atoms with E-state index < -0.39 is 35.6 Å². The highest BCUT2D eigenvalue weighted by molar-refractivity contribution is 6.05. The van der Waals surface area contributed by atoms with Crippen LogP contribution in [0.15, 0.2) is 12.1 Å². The Morgan fingerprint density at radius 2 is 1.79 bits per heavy atom. The van der Waals surface area contributed by atoms with E-state index in [4.69, 9.17) is 9.84 Å². The van der Waals surface area contributed by atoms with Gasteiger partial charge in [0, 0.05) is 24.8 Å². The average Bonchev–Trinajstić information content (AvgIpc) is 3.22. The number of carboxylic acids is 1. The van der Waals surface area contributed by atoms with Gasteiger partial charge in [-0.1, -0.05) is 13.3 Å². The predicted octanol–water partition coefficient (Wildman–Crippen LogP) is 3.06. The second-order valence-electron chi connectivity index (χ2n) is 10.0. The zero-order valence-corrected chi connectivity index (χ0v) is 19.4. The number of aliphatic carboxylic acids is 1. The lowest BCUT2D eigenvalue weighted by molar-refractivity contribution is -0.265.